The van der Waals surface area contributed by atoms with Crippen LogP contribution in [0.15, 0.2) is 82.4 Å². The van der Waals surface area contributed by atoms with Gasteiger partial charge in [0.25, 0.3) is 0 Å². The van der Waals surface area contributed by atoms with Crippen molar-refractivity contribution in [1.29, 1.82) is 0 Å². The number of anilines is 2. The van der Waals surface area contributed by atoms with E-state index in [0.717, 1.165) is 46.1 Å². The molecule has 1 fully saturated rings. The van der Waals surface area contributed by atoms with E-state index in [-0.39, 0.29) is 17.9 Å². The van der Waals surface area contributed by atoms with Crippen molar-refractivity contribution in [3.8, 4) is 0 Å². The van der Waals surface area contributed by atoms with Crippen LogP contribution in [-0.4, -0.2) is 57.6 Å². The second-order valence-electron chi connectivity index (χ2n) is 12.6. The fraction of sp³-hybridized carbons (Fsp3) is 0.389. The van der Waals surface area contributed by atoms with Gasteiger partial charge >= 0.3 is 0 Å². The first-order valence-electron chi connectivity index (χ1n) is 16.1. The van der Waals surface area contributed by atoms with Crippen molar-refractivity contribution in [2.24, 2.45) is 0 Å². The molecule has 0 saturated carbocycles. The lowest BCUT2D eigenvalue weighted by molar-refractivity contribution is -0.148. The third kappa shape index (κ3) is 6.56. The number of fused-ring (bicyclic) bond motifs is 3. The molecule has 246 valence electrons. The van der Waals surface area contributed by atoms with Gasteiger partial charge < -0.3 is 24.0 Å². The predicted octanol–water partition coefficient (Wildman–Crippen LogP) is 6.14. The molecule has 0 amide bonds. The molecule has 0 bridgehead atoms. The predicted molar refractivity (Wildman–Crippen MR) is 184 cm³/mol. The molecule has 3 aliphatic rings. The summed E-state index contributed by atoms with van der Waals surface area (Å²) in [5.41, 5.74) is 6.15. The first kappa shape index (κ1) is 32.2. The number of sulfone groups is 1. The first-order chi connectivity index (χ1) is 22.7. The standard InChI is InChI=1S/C36H39BrN4O5S/c1-25-28-14-15-31(41(21-26-10-5-3-6-11-26)22-27-12-7-4-8-13-27)33(37)32(28)36(24-45-25)20-30-29(23-46-36)34(39-35(38-30)47(2,42)43)40-16-9-18-44-19-17-40/h3-8,10-15,25H,9,16-24H2,1-2H3. The third-order valence-electron chi connectivity index (χ3n) is 9.24. The first-order valence-corrected chi connectivity index (χ1v) is 18.7. The second kappa shape index (κ2) is 13.3. The van der Waals surface area contributed by atoms with E-state index in [9.17, 15) is 8.42 Å². The maximum atomic E-state index is 12.9. The Labute approximate surface area is 284 Å². The van der Waals surface area contributed by atoms with Gasteiger partial charge in [0.2, 0.25) is 15.0 Å². The molecule has 0 N–H and O–H groups in total. The SMILES string of the molecule is CC1OCC2(Cc3nc(S(C)(=O)=O)nc(N4CCCOCC4)c3CO2)c2c1ccc(N(Cc1ccccc1)Cc1ccccc1)c2Br. The van der Waals surface area contributed by atoms with Crippen LogP contribution in [0.25, 0.3) is 0 Å². The summed E-state index contributed by atoms with van der Waals surface area (Å²) < 4.78 is 45.6. The summed E-state index contributed by atoms with van der Waals surface area (Å²) in [6, 6.07) is 25.2. The molecule has 7 rings (SSSR count). The van der Waals surface area contributed by atoms with Crippen LogP contribution in [0.4, 0.5) is 11.5 Å². The molecule has 2 atom stereocenters. The third-order valence-corrected chi connectivity index (χ3v) is 10.9. The highest BCUT2D eigenvalue weighted by atomic mass is 79.9. The quantitative estimate of drug-likeness (QED) is 0.209. The van der Waals surface area contributed by atoms with Crippen molar-refractivity contribution in [3.63, 3.8) is 0 Å². The number of hydrogen-bond acceptors (Lipinski definition) is 9. The van der Waals surface area contributed by atoms with E-state index >= 15 is 0 Å². The molecule has 3 aromatic carbocycles. The van der Waals surface area contributed by atoms with Gasteiger partial charge in [-0.3, -0.25) is 0 Å². The maximum absolute atomic E-state index is 12.9. The number of hydrogen-bond donors (Lipinski definition) is 0. The average Bonchev–Trinajstić information content (AvgIpc) is 3.36. The highest BCUT2D eigenvalue weighted by molar-refractivity contribution is 9.10. The van der Waals surface area contributed by atoms with Gasteiger partial charge in [0.1, 0.15) is 11.4 Å². The van der Waals surface area contributed by atoms with Gasteiger partial charge in [0, 0.05) is 61.1 Å². The molecular formula is C36H39BrN4O5S. The Morgan fingerprint density at radius 3 is 2.34 bits per heavy atom. The Hall–Kier alpha value is -3.35. The van der Waals surface area contributed by atoms with Crippen molar-refractivity contribution >= 4 is 37.3 Å². The molecule has 1 spiro atoms. The molecule has 9 nitrogen and oxygen atoms in total. The van der Waals surface area contributed by atoms with E-state index in [0.29, 0.717) is 57.4 Å². The van der Waals surface area contributed by atoms with Crippen LogP contribution in [0.2, 0.25) is 0 Å². The van der Waals surface area contributed by atoms with Crippen LogP contribution >= 0.6 is 15.9 Å². The van der Waals surface area contributed by atoms with Gasteiger partial charge in [0.05, 0.1) is 37.3 Å². The molecule has 47 heavy (non-hydrogen) atoms. The molecule has 1 aromatic heterocycles. The number of ether oxygens (including phenoxy) is 3. The van der Waals surface area contributed by atoms with Crippen molar-refractivity contribution in [2.45, 2.75) is 56.3 Å². The van der Waals surface area contributed by atoms with Crippen molar-refractivity contribution < 1.29 is 22.6 Å². The van der Waals surface area contributed by atoms with E-state index in [1.165, 1.54) is 11.1 Å². The summed E-state index contributed by atoms with van der Waals surface area (Å²) in [6.07, 6.45) is 2.20. The van der Waals surface area contributed by atoms with Crippen LogP contribution in [0, 0.1) is 0 Å². The van der Waals surface area contributed by atoms with Gasteiger partial charge in [-0.2, -0.15) is 0 Å². The topological polar surface area (TPSA) is 94.1 Å². The Morgan fingerprint density at radius 2 is 1.66 bits per heavy atom. The number of rotatable bonds is 7. The van der Waals surface area contributed by atoms with Gasteiger partial charge in [-0.1, -0.05) is 66.7 Å². The minimum absolute atomic E-state index is 0.146. The molecule has 3 aliphatic heterocycles. The highest BCUT2D eigenvalue weighted by Gasteiger charge is 2.47. The van der Waals surface area contributed by atoms with Gasteiger partial charge in [-0.15, -0.1) is 0 Å². The number of aromatic nitrogens is 2. The van der Waals surface area contributed by atoms with Crippen molar-refractivity contribution in [2.75, 3.05) is 49.0 Å². The molecule has 4 heterocycles. The summed E-state index contributed by atoms with van der Waals surface area (Å²) in [5, 5.41) is -0.163. The van der Waals surface area contributed by atoms with Crippen LogP contribution in [0.1, 0.15) is 53.0 Å². The normalized spacial score (nSPS) is 21.2. The fourth-order valence-corrected chi connectivity index (χ4v) is 8.34. The molecule has 4 aromatic rings. The molecule has 0 aliphatic carbocycles. The Bertz CT molecular complexity index is 1810. The van der Waals surface area contributed by atoms with E-state index in [1.54, 1.807) is 0 Å². The lowest BCUT2D eigenvalue weighted by Crippen LogP contribution is -2.46. The lowest BCUT2D eigenvalue weighted by Gasteiger charge is -2.45. The zero-order valence-corrected chi connectivity index (χ0v) is 29.1. The summed E-state index contributed by atoms with van der Waals surface area (Å²) in [4.78, 5) is 13.8. The maximum Gasteiger partial charge on any atom is 0.249 e. The minimum atomic E-state index is -3.67. The Balaban J connectivity index is 1.33. The molecule has 1 saturated heterocycles. The number of nitrogens with zero attached hydrogens (tertiary/aromatic N) is 4. The van der Waals surface area contributed by atoms with E-state index in [1.807, 2.05) is 12.1 Å². The van der Waals surface area contributed by atoms with Gasteiger partial charge in [-0.05, 0) is 52.0 Å². The van der Waals surface area contributed by atoms with Crippen LogP contribution in [-0.2, 0) is 55.8 Å². The van der Waals surface area contributed by atoms with Crippen LogP contribution < -0.4 is 9.80 Å². The largest absolute Gasteiger partial charge is 0.380 e. The van der Waals surface area contributed by atoms with Crippen LogP contribution in [0.5, 0.6) is 0 Å². The summed E-state index contributed by atoms with van der Waals surface area (Å²) in [7, 11) is -3.67. The smallest absolute Gasteiger partial charge is 0.249 e. The van der Waals surface area contributed by atoms with Crippen LogP contribution in [0.3, 0.4) is 0 Å². The lowest BCUT2D eigenvalue weighted by atomic mass is 9.80. The van der Waals surface area contributed by atoms with Gasteiger partial charge in [0.15, 0.2) is 0 Å². The van der Waals surface area contributed by atoms with Gasteiger partial charge in [-0.25, -0.2) is 18.4 Å². The summed E-state index contributed by atoms with van der Waals surface area (Å²) >= 11 is 4.08. The minimum Gasteiger partial charge on any atom is -0.380 e. The number of benzene rings is 3. The fourth-order valence-electron chi connectivity index (χ4n) is 6.84. The molecule has 11 heteroatoms. The zero-order valence-electron chi connectivity index (χ0n) is 26.7. The summed E-state index contributed by atoms with van der Waals surface area (Å²) in [5.74, 6) is 0.616. The molecule has 0 radical (unpaired) electrons. The number of halogens is 1. The Morgan fingerprint density at radius 1 is 0.957 bits per heavy atom. The average molecular weight is 720 g/mol. The van der Waals surface area contributed by atoms with E-state index in [2.05, 4.69) is 103 Å². The molecular weight excluding hydrogens is 680 g/mol. The van der Waals surface area contributed by atoms with Crippen molar-refractivity contribution in [1.82, 2.24) is 9.97 Å². The van der Waals surface area contributed by atoms with E-state index < -0.39 is 15.4 Å². The monoisotopic (exact) mass is 718 g/mol. The zero-order chi connectivity index (χ0) is 32.6. The molecule has 2 unspecified atom stereocenters. The second-order valence-corrected chi connectivity index (χ2v) is 15.3. The summed E-state index contributed by atoms with van der Waals surface area (Å²) in [6.45, 7) is 6.58. The van der Waals surface area contributed by atoms with E-state index in [4.69, 9.17) is 14.2 Å². The van der Waals surface area contributed by atoms with Crippen molar-refractivity contribution in [3.05, 3.63) is 111 Å². The Kier molecular flexibility index (Phi) is 9.10. The highest BCUT2D eigenvalue weighted by Crippen LogP contribution is 2.50.